The lowest BCUT2D eigenvalue weighted by Gasteiger charge is -2.26. The third kappa shape index (κ3) is 2.76. The number of hydrogen-bond acceptors (Lipinski definition) is 4. The zero-order valence-electron chi connectivity index (χ0n) is 14.4. The van der Waals surface area contributed by atoms with E-state index >= 15 is 0 Å². The average molecular weight is 313 g/mol. The Morgan fingerprint density at radius 3 is 2.48 bits per heavy atom. The molecule has 2 fully saturated rings. The second-order valence-electron chi connectivity index (χ2n) is 7.71. The van der Waals surface area contributed by atoms with E-state index in [4.69, 9.17) is 0 Å². The lowest BCUT2D eigenvalue weighted by Crippen LogP contribution is -2.31. The molecule has 2 aliphatic carbocycles. The number of rotatable bonds is 4. The van der Waals surface area contributed by atoms with Crippen LogP contribution in [-0.4, -0.2) is 57.6 Å². The minimum Gasteiger partial charge on any atom is -0.306 e. The highest BCUT2D eigenvalue weighted by atomic mass is 15.2. The summed E-state index contributed by atoms with van der Waals surface area (Å²) < 4.78 is 1.87. The summed E-state index contributed by atoms with van der Waals surface area (Å²) >= 11 is 0. The zero-order chi connectivity index (χ0) is 16.0. The van der Waals surface area contributed by atoms with Crippen LogP contribution in [0.5, 0.6) is 0 Å². The lowest BCUT2D eigenvalue weighted by molar-refractivity contribution is 0.212. The lowest BCUT2D eigenvalue weighted by atomic mass is 10.0. The van der Waals surface area contributed by atoms with Crippen LogP contribution in [0.3, 0.4) is 0 Å². The van der Waals surface area contributed by atoms with Crippen LogP contribution in [0.1, 0.15) is 31.2 Å². The minimum absolute atomic E-state index is 0.715. The van der Waals surface area contributed by atoms with Crippen molar-refractivity contribution in [2.24, 2.45) is 11.8 Å². The van der Waals surface area contributed by atoms with E-state index in [-0.39, 0.29) is 0 Å². The van der Waals surface area contributed by atoms with Crippen molar-refractivity contribution in [1.82, 2.24) is 24.4 Å². The summed E-state index contributed by atoms with van der Waals surface area (Å²) in [6.07, 6.45) is 11.3. The normalized spacial score (nSPS) is 30.7. The van der Waals surface area contributed by atoms with Crippen molar-refractivity contribution < 1.29 is 0 Å². The van der Waals surface area contributed by atoms with Gasteiger partial charge in [0.25, 0.3) is 0 Å². The van der Waals surface area contributed by atoms with Crippen molar-refractivity contribution in [3.63, 3.8) is 0 Å². The van der Waals surface area contributed by atoms with Gasteiger partial charge in [-0.1, -0.05) is 0 Å². The van der Waals surface area contributed by atoms with E-state index in [9.17, 15) is 0 Å². The van der Waals surface area contributed by atoms with Crippen LogP contribution < -0.4 is 0 Å². The molecule has 0 amide bonds. The summed E-state index contributed by atoms with van der Waals surface area (Å²) in [6, 6.07) is 3.44. The number of aromatic nitrogens is 3. The molecule has 2 aromatic rings. The second kappa shape index (κ2) is 5.87. The first kappa shape index (κ1) is 15.1. The quantitative estimate of drug-likeness (QED) is 0.868. The van der Waals surface area contributed by atoms with E-state index in [1.807, 2.05) is 29.2 Å². The Kier molecular flexibility index (Phi) is 3.85. The van der Waals surface area contributed by atoms with Crippen molar-refractivity contribution in [3.8, 4) is 0 Å². The molecule has 5 heteroatoms. The molecule has 2 unspecified atom stereocenters. The molecule has 0 N–H and O–H groups in total. The molecule has 23 heavy (non-hydrogen) atoms. The molecule has 2 saturated carbocycles. The molecular weight excluding hydrogens is 286 g/mol. The average Bonchev–Trinajstić information content (AvgIpc) is 3.19. The highest BCUT2D eigenvalue weighted by Gasteiger charge is 2.43. The fourth-order valence-electron chi connectivity index (χ4n) is 4.72. The van der Waals surface area contributed by atoms with Crippen molar-refractivity contribution in [2.75, 3.05) is 21.1 Å². The van der Waals surface area contributed by atoms with Crippen molar-refractivity contribution in [1.29, 1.82) is 0 Å². The van der Waals surface area contributed by atoms with Crippen molar-refractivity contribution in [3.05, 3.63) is 30.2 Å². The fraction of sp³-hybridized carbons (Fsp3) is 0.667. The van der Waals surface area contributed by atoms with Crippen molar-refractivity contribution in [2.45, 2.75) is 44.3 Å². The molecule has 4 rings (SSSR count). The molecule has 2 heterocycles. The standard InChI is InChI=1S/C18H27N5/c1-21(2)16-7-13-9-17(10-14(13)8-16)22(3)12-15-11-20-23-6-4-5-19-18(15)23/h4-6,11,13-14,16-17H,7-10,12H2,1-3H3/t13-,14+,16?,17?. The Bertz CT molecular complexity index is 665. The summed E-state index contributed by atoms with van der Waals surface area (Å²) in [5, 5.41) is 4.41. The Morgan fingerprint density at radius 1 is 1.09 bits per heavy atom. The summed E-state index contributed by atoms with van der Waals surface area (Å²) in [4.78, 5) is 9.42. The van der Waals surface area contributed by atoms with Gasteiger partial charge in [0.2, 0.25) is 0 Å². The predicted molar refractivity (Wildman–Crippen MR) is 91.2 cm³/mol. The monoisotopic (exact) mass is 313 g/mol. The molecule has 0 aromatic carbocycles. The smallest absolute Gasteiger partial charge is 0.159 e. The van der Waals surface area contributed by atoms with Crippen LogP contribution in [0.4, 0.5) is 0 Å². The van der Waals surface area contributed by atoms with Gasteiger partial charge < -0.3 is 4.90 Å². The van der Waals surface area contributed by atoms with Crippen LogP contribution in [0.15, 0.2) is 24.7 Å². The molecule has 2 aromatic heterocycles. The van der Waals surface area contributed by atoms with Crippen LogP contribution in [0.2, 0.25) is 0 Å². The first-order valence-corrected chi connectivity index (χ1v) is 8.75. The van der Waals surface area contributed by atoms with Crippen LogP contribution >= 0.6 is 0 Å². The first-order valence-electron chi connectivity index (χ1n) is 8.75. The maximum Gasteiger partial charge on any atom is 0.159 e. The highest BCUT2D eigenvalue weighted by molar-refractivity contribution is 5.45. The maximum atomic E-state index is 4.48. The number of fused-ring (bicyclic) bond motifs is 2. The van der Waals surface area contributed by atoms with Crippen molar-refractivity contribution >= 4 is 5.65 Å². The Labute approximate surface area is 138 Å². The van der Waals surface area contributed by atoms with E-state index in [0.717, 1.165) is 30.1 Å². The molecule has 0 aliphatic heterocycles. The SMILES string of the molecule is CN(C)C1C[C@@H]2CC(N(C)Cc3cnn4cccnc34)C[C@@H]2C1. The highest BCUT2D eigenvalue weighted by Crippen LogP contribution is 2.46. The van der Waals surface area contributed by atoms with Gasteiger partial charge in [-0.05, 0) is 64.7 Å². The van der Waals surface area contributed by atoms with Gasteiger partial charge in [-0.25, -0.2) is 9.50 Å². The number of hydrogen-bond donors (Lipinski definition) is 0. The second-order valence-corrected chi connectivity index (χ2v) is 7.71. The Morgan fingerprint density at radius 2 is 1.78 bits per heavy atom. The third-order valence-electron chi connectivity index (χ3n) is 6.09. The topological polar surface area (TPSA) is 36.7 Å². The van der Waals surface area contributed by atoms with E-state index in [2.05, 4.69) is 41.0 Å². The maximum absolute atomic E-state index is 4.48. The molecule has 0 spiro atoms. The van der Waals surface area contributed by atoms with Crippen LogP contribution in [0, 0.1) is 11.8 Å². The fourth-order valence-corrected chi connectivity index (χ4v) is 4.72. The van der Waals surface area contributed by atoms with E-state index in [1.165, 1.54) is 31.2 Å². The molecular formula is C18H27N5. The van der Waals surface area contributed by atoms with Gasteiger partial charge in [0.05, 0.1) is 6.20 Å². The van der Waals surface area contributed by atoms with E-state index in [1.54, 1.807) is 0 Å². The molecule has 4 atom stereocenters. The van der Waals surface area contributed by atoms with Gasteiger partial charge in [-0.15, -0.1) is 0 Å². The predicted octanol–water partition coefficient (Wildman–Crippen LogP) is 2.28. The van der Waals surface area contributed by atoms with Gasteiger partial charge in [0.15, 0.2) is 5.65 Å². The Hall–Kier alpha value is -1.46. The molecule has 5 nitrogen and oxygen atoms in total. The van der Waals surface area contributed by atoms with Crippen LogP contribution in [-0.2, 0) is 6.54 Å². The van der Waals surface area contributed by atoms with Gasteiger partial charge in [-0.2, -0.15) is 5.10 Å². The Balaban J connectivity index is 1.41. The van der Waals surface area contributed by atoms with E-state index < -0.39 is 0 Å². The largest absolute Gasteiger partial charge is 0.306 e. The number of nitrogens with zero attached hydrogens (tertiary/aromatic N) is 5. The van der Waals surface area contributed by atoms with Gasteiger partial charge >= 0.3 is 0 Å². The van der Waals surface area contributed by atoms with E-state index in [0.29, 0.717) is 6.04 Å². The van der Waals surface area contributed by atoms with Gasteiger partial charge in [0.1, 0.15) is 0 Å². The molecule has 0 bridgehead atoms. The molecule has 124 valence electrons. The summed E-state index contributed by atoms with van der Waals surface area (Å²) in [5.74, 6) is 1.86. The molecule has 0 saturated heterocycles. The zero-order valence-corrected chi connectivity index (χ0v) is 14.4. The summed E-state index contributed by atoms with van der Waals surface area (Å²) in [5.41, 5.74) is 2.22. The van der Waals surface area contributed by atoms with Crippen LogP contribution in [0.25, 0.3) is 5.65 Å². The van der Waals surface area contributed by atoms with Gasteiger partial charge in [-0.3, -0.25) is 4.90 Å². The minimum atomic E-state index is 0.715. The molecule has 0 radical (unpaired) electrons. The van der Waals surface area contributed by atoms with Gasteiger partial charge in [0, 0.05) is 36.6 Å². The third-order valence-corrected chi connectivity index (χ3v) is 6.09. The first-order chi connectivity index (χ1) is 11.1. The molecule has 2 aliphatic rings. The summed E-state index contributed by atoms with van der Waals surface area (Å²) in [6.45, 7) is 0.946. The summed E-state index contributed by atoms with van der Waals surface area (Å²) in [7, 11) is 6.72.